The molecular formula is C15H24. The number of rotatable bonds is 7. The van der Waals surface area contributed by atoms with Gasteiger partial charge in [-0.3, -0.25) is 0 Å². The molecule has 0 unspecified atom stereocenters. The fourth-order valence-corrected chi connectivity index (χ4v) is 2.10. The summed E-state index contributed by atoms with van der Waals surface area (Å²) in [5.74, 6) is 0.959. The average Bonchev–Trinajstić information content (AvgIpc) is 2.31. The summed E-state index contributed by atoms with van der Waals surface area (Å²) in [6.45, 7) is 4.62. The van der Waals surface area contributed by atoms with E-state index in [1.54, 1.807) is 0 Å². The van der Waals surface area contributed by atoms with Gasteiger partial charge in [-0.1, -0.05) is 69.9 Å². The third kappa shape index (κ3) is 5.01. The van der Waals surface area contributed by atoms with Crippen molar-refractivity contribution in [1.29, 1.82) is 0 Å². The molecule has 0 saturated heterocycles. The molecule has 0 amide bonds. The van der Waals surface area contributed by atoms with Crippen LogP contribution >= 0.6 is 0 Å². The number of unbranched alkanes of at least 4 members (excludes halogenated alkanes) is 1. The summed E-state index contributed by atoms with van der Waals surface area (Å²) in [5.41, 5.74) is 1.49. The van der Waals surface area contributed by atoms with Crippen molar-refractivity contribution < 1.29 is 0 Å². The monoisotopic (exact) mass is 204 g/mol. The Labute approximate surface area is 94.7 Å². The molecule has 0 radical (unpaired) electrons. The molecule has 0 saturated carbocycles. The normalized spacial score (nSPS) is 10.9. The molecule has 0 aromatic heterocycles. The predicted molar refractivity (Wildman–Crippen MR) is 68.1 cm³/mol. The van der Waals surface area contributed by atoms with Crippen molar-refractivity contribution in [1.82, 2.24) is 0 Å². The van der Waals surface area contributed by atoms with Crippen LogP contribution in [-0.4, -0.2) is 0 Å². The first-order chi connectivity index (χ1) is 7.36. The van der Waals surface area contributed by atoms with E-state index in [2.05, 4.69) is 44.2 Å². The number of aryl methyl sites for hydroxylation is 1. The maximum Gasteiger partial charge on any atom is -0.0279 e. The van der Waals surface area contributed by atoms with Gasteiger partial charge in [0.15, 0.2) is 0 Å². The van der Waals surface area contributed by atoms with Crippen molar-refractivity contribution >= 4 is 0 Å². The molecule has 84 valence electrons. The van der Waals surface area contributed by atoms with Crippen LogP contribution in [0.3, 0.4) is 0 Å². The Bertz CT molecular complexity index is 233. The zero-order chi connectivity index (χ0) is 10.9. The number of hydrogen-bond acceptors (Lipinski definition) is 0. The van der Waals surface area contributed by atoms with E-state index >= 15 is 0 Å². The van der Waals surface area contributed by atoms with Crippen LogP contribution < -0.4 is 0 Å². The van der Waals surface area contributed by atoms with E-state index in [-0.39, 0.29) is 0 Å². The minimum absolute atomic E-state index is 0.959. The van der Waals surface area contributed by atoms with Crippen molar-refractivity contribution in [2.75, 3.05) is 0 Å². The first-order valence-electron chi connectivity index (χ1n) is 6.40. The average molecular weight is 204 g/mol. The zero-order valence-electron chi connectivity index (χ0n) is 10.2. The first kappa shape index (κ1) is 12.3. The van der Waals surface area contributed by atoms with Crippen LogP contribution in [0.2, 0.25) is 0 Å². The van der Waals surface area contributed by atoms with Gasteiger partial charge in [-0.05, 0) is 24.3 Å². The Morgan fingerprint density at radius 2 is 1.60 bits per heavy atom. The number of hydrogen-bond donors (Lipinski definition) is 0. The third-order valence-corrected chi connectivity index (χ3v) is 3.33. The van der Waals surface area contributed by atoms with Crippen LogP contribution in [0.15, 0.2) is 30.3 Å². The molecule has 0 aliphatic carbocycles. The summed E-state index contributed by atoms with van der Waals surface area (Å²) >= 11 is 0. The molecule has 0 heterocycles. The van der Waals surface area contributed by atoms with Crippen molar-refractivity contribution in [3.8, 4) is 0 Å². The molecule has 0 aliphatic heterocycles. The molecule has 1 rings (SSSR count). The largest absolute Gasteiger partial charge is 0.0651 e. The fourth-order valence-electron chi connectivity index (χ4n) is 2.10. The predicted octanol–water partition coefficient (Wildman–Crippen LogP) is 4.84. The van der Waals surface area contributed by atoms with E-state index < -0.39 is 0 Å². The SMILES string of the molecule is CCC(CC)CCCCc1ccccc1. The second-order valence-electron chi connectivity index (χ2n) is 4.41. The Kier molecular flexibility index (Phi) is 6.15. The van der Waals surface area contributed by atoms with Gasteiger partial charge < -0.3 is 0 Å². The van der Waals surface area contributed by atoms with Gasteiger partial charge in [0.25, 0.3) is 0 Å². The third-order valence-electron chi connectivity index (χ3n) is 3.33. The van der Waals surface area contributed by atoms with E-state index in [1.165, 1.54) is 44.1 Å². The Hall–Kier alpha value is -0.780. The van der Waals surface area contributed by atoms with Crippen molar-refractivity contribution in [3.05, 3.63) is 35.9 Å². The van der Waals surface area contributed by atoms with Crippen LogP contribution in [0.4, 0.5) is 0 Å². The molecule has 0 nitrogen and oxygen atoms in total. The highest BCUT2D eigenvalue weighted by Gasteiger charge is 2.02. The zero-order valence-corrected chi connectivity index (χ0v) is 10.2. The van der Waals surface area contributed by atoms with Gasteiger partial charge in [0, 0.05) is 0 Å². The van der Waals surface area contributed by atoms with Gasteiger partial charge in [0.05, 0.1) is 0 Å². The molecule has 0 heteroatoms. The van der Waals surface area contributed by atoms with Crippen molar-refractivity contribution in [2.24, 2.45) is 5.92 Å². The maximum absolute atomic E-state index is 2.31. The molecule has 0 spiro atoms. The molecular weight excluding hydrogens is 180 g/mol. The highest BCUT2D eigenvalue weighted by atomic mass is 14.1. The second-order valence-corrected chi connectivity index (χ2v) is 4.41. The van der Waals surface area contributed by atoms with Crippen molar-refractivity contribution in [2.45, 2.75) is 52.4 Å². The van der Waals surface area contributed by atoms with E-state index in [0.717, 1.165) is 5.92 Å². The lowest BCUT2D eigenvalue weighted by molar-refractivity contribution is 0.434. The Morgan fingerprint density at radius 1 is 0.933 bits per heavy atom. The summed E-state index contributed by atoms with van der Waals surface area (Å²) in [6.07, 6.45) is 8.10. The van der Waals surface area contributed by atoms with Crippen LogP contribution in [0.25, 0.3) is 0 Å². The van der Waals surface area contributed by atoms with Gasteiger partial charge in [-0.2, -0.15) is 0 Å². The summed E-state index contributed by atoms with van der Waals surface area (Å²) in [4.78, 5) is 0. The quantitative estimate of drug-likeness (QED) is 0.558. The number of benzene rings is 1. The molecule has 0 fully saturated rings. The molecule has 1 aromatic rings. The van der Waals surface area contributed by atoms with Gasteiger partial charge >= 0.3 is 0 Å². The summed E-state index contributed by atoms with van der Waals surface area (Å²) in [7, 11) is 0. The highest BCUT2D eigenvalue weighted by molar-refractivity contribution is 5.14. The van der Waals surface area contributed by atoms with Gasteiger partial charge in [-0.15, -0.1) is 0 Å². The lowest BCUT2D eigenvalue weighted by Crippen LogP contribution is -1.97. The first-order valence-corrected chi connectivity index (χ1v) is 6.40. The van der Waals surface area contributed by atoms with E-state index in [9.17, 15) is 0 Å². The summed E-state index contributed by atoms with van der Waals surface area (Å²) in [5, 5.41) is 0. The standard InChI is InChI=1S/C15H24/c1-3-14(4-2)10-8-9-13-15-11-6-5-7-12-15/h5-7,11-12,14H,3-4,8-10,13H2,1-2H3. The Morgan fingerprint density at radius 3 is 2.20 bits per heavy atom. The minimum atomic E-state index is 0.959. The highest BCUT2D eigenvalue weighted by Crippen LogP contribution is 2.17. The van der Waals surface area contributed by atoms with Gasteiger partial charge in [-0.25, -0.2) is 0 Å². The smallest absolute Gasteiger partial charge is 0.0279 e. The van der Waals surface area contributed by atoms with Crippen LogP contribution in [0, 0.1) is 5.92 Å². The minimum Gasteiger partial charge on any atom is -0.0651 e. The molecule has 0 N–H and O–H groups in total. The van der Waals surface area contributed by atoms with Crippen LogP contribution in [0.5, 0.6) is 0 Å². The molecule has 0 aliphatic rings. The molecule has 1 aromatic carbocycles. The van der Waals surface area contributed by atoms with Gasteiger partial charge in [0.1, 0.15) is 0 Å². The van der Waals surface area contributed by atoms with Crippen LogP contribution in [0.1, 0.15) is 51.5 Å². The fraction of sp³-hybridized carbons (Fsp3) is 0.600. The topological polar surface area (TPSA) is 0 Å². The van der Waals surface area contributed by atoms with E-state index in [1.807, 2.05) is 0 Å². The molecule has 15 heavy (non-hydrogen) atoms. The molecule has 0 bridgehead atoms. The van der Waals surface area contributed by atoms with Gasteiger partial charge in [0.2, 0.25) is 0 Å². The van der Waals surface area contributed by atoms with E-state index in [0.29, 0.717) is 0 Å². The molecule has 0 atom stereocenters. The Balaban J connectivity index is 2.12. The maximum atomic E-state index is 2.31. The summed E-state index contributed by atoms with van der Waals surface area (Å²) < 4.78 is 0. The lowest BCUT2D eigenvalue weighted by Gasteiger charge is -2.11. The second kappa shape index (κ2) is 7.50. The summed E-state index contributed by atoms with van der Waals surface area (Å²) in [6, 6.07) is 10.8. The lowest BCUT2D eigenvalue weighted by atomic mass is 9.95. The van der Waals surface area contributed by atoms with Crippen LogP contribution in [-0.2, 0) is 6.42 Å². The van der Waals surface area contributed by atoms with E-state index in [4.69, 9.17) is 0 Å². The van der Waals surface area contributed by atoms with Crippen molar-refractivity contribution in [3.63, 3.8) is 0 Å².